The van der Waals surface area contributed by atoms with Crippen LogP contribution < -0.4 is 0 Å². The molecule has 0 N–H and O–H groups in total. The summed E-state index contributed by atoms with van der Waals surface area (Å²) in [5.41, 5.74) is 1.14. The highest BCUT2D eigenvalue weighted by Gasteiger charge is 2.32. The van der Waals surface area contributed by atoms with Crippen LogP contribution >= 0.6 is 8.03 Å². The maximum Gasteiger partial charge on any atom is 0.195 e. The molecule has 1 saturated carbocycles. The number of benzene rings is 1. The lowest BCUT2D eigenvalue weighted by Gasteiger charge is -2.36. The van der Waals surface area contributed by atoms with Crippen molar-refractivity contribution >= 4 is 14.1 Å². The van der Waals surface area contributed by atoms with Gasteiger partial charge in [0.25, 0.3) is 0 Å². The molecular weight excluding hydrogens is 291 g/mol. The van der Waals surface area contributed by atoms with Gasteiger partial charge in [0.2, 0.25) is 0 Å². The molecule has 122 valence electrons. The lowest BCUT2D eigenvalue weighted by atomic mass is 9.75. The predicted octanol–water partition coefficient (Wildman–Crippen LogP) is 5.65. The van der Waals surface area contributed by atoms with Crippen LogP contribution in [0.2, 0.25) is 0 Å². The minimum absolute atomic E-state index is 0.181. The molecule has 1 unspecified atom stereocenters. The van der Waals surface area contributed by atoms with Crippen LogP contribution in [-0.2, 0) is 9.09 Å². The Morgan fingerprint density at radius 2 is 2.00 bits per heavy atom. The molecule has 4 atom stereocenters. The fourth-order valence-corrected chi connectivity index (χ4v) is 4.34. The van der Waals surface area contributed by atoms with Gasteiger partial charge in [0.15, 0.2) is 8.03 Å². The SMILES string of the molecule is CC(C)[C@@H]1CC[C@@H](C)C[C@H]1O[PH](=O)C/C=C/c1ccccc1. The Labute approximate surface area is 135 Å². The van der Waals surface area contributed by atoms with Crippen molar-refractivity contribution < 1.29 is 9.09 Å². The molecule has 1 aliphatic carbocycles. The van der Waals surface area contributed by atoms with Crippen molar-refractivity contribution in [3.63, 3.8) is 0 Å². The summed E-state index contributed by atoms with van der Waals surface area (Å²) in [5, 5.41) is 0. The lowest BCUT2D eigenvalue weighted by molar-refractivity contribution is 0.0527. The summed E-state index contributed by atoms with van der Waals surface area (Å²) in [7, 11) is -1.98. The topological polar surface area (TPSA) is 26.3 Å². The first-order valence-electron chi connectivity index (χ1n) is 8.47. The van der Waals surface area contributed by atoms with Gasteiger partial charge in [-0.3, -0.25) is 4.57 Å². The maximum atomic E-state index is 12.3. The largest absolute Gasteiger partial charge is 0.327 e. The van der Waals surface area contributed by atoms with E-state index in [9.17, 15) is 4.57 Å². The first-order chi connectivity index (χ1) is 10.6. The van der Waals surface area contributed by atoms with Crippen LogP contribution in [0.3, 0.4) is 0 Å². The molecule has 1 aliphatic rings. The molecule has 1 fully saturated rings. The van der Waals surface area contributed by atoms with E-state index in [1.54, 1.807) is 0 Å². The van der Waals surface area contributed by atoms with Gasteiger partial charge in [0.05, 0.1) is 6.10 Å². The molecule has 3 heteroatoms. The van der Waals surface area contributed by atoms with Gasteiger partial charge in [-0.15, -0.1) is 0 Å². The van der Waals surface area contributed by atoms with Crippen molar-refractivity contribution in [2.45, 2.75) is 46.1 Å². The second kappa shape index (κ2) is 8.70. The average molecular weight is 320 g/mol. The Balaban J connectivity index is 1.86. The maximum absolute atomic E-state index is 12.3. The molecule has 1 aromatic carbocycles. The second-order valence-electron chi connectivity index (χ2n) is 6.87. The zero-order valence-electron chi connectivity index (χ0n) is 14.0. The standard InChI is InChI=1S/C19H29O2P/c1-15(2)18-12-11-16(3)14-19(18)21-22(20)13-7-10-17-8-5-4-6-9-17/h4-10,15-16,18-19,22H,11-14H2,1-3H3/b10-7+/t16-,18+,19-/m1/s1. The first kappa shape index (κ1) is 17.5. The summed E-state index contributed by atoms with van der Waals surface area (Å²) < 4.78 is 18.3. The molecular formula is C19H29O2P. The monoisotopic (exact) mass is 320 g/mol. The molecule has 22 heavy (non-hydrogen) atoms. The Kier molecular flexibility index (Phi) is 6.92. The van der Waals surface area contributed by atoms with E-state index < -0.39 is 8.03 Å². The zero-order valence-corrected chi connectivity index (χ0v) is 15.0. The molecule has 0 amide bonds. The third-order valence-corrected chi connectivity index (χ3v) is 5.77. The third-order valence-electron chi connectivity index (χ3n) is 4.64. The number of allylic oxidation sites excluding steroid dienone is 1. The Hall–Kier alpha value is -0.850. The average Bonchev–Trinajstić information content (AvgIpc) is 2.48. The van der Waals surface area contributed by atoms with Crippen LogP contribution in [0, 0.1) is 17.8 Å². The molecule has 0 radical (unpaired) electrons. The summed E-state index contributed by atoms with van der Waals surface area (Å²) >= 11 is 0. The van der Waals surface area contributed by atoms with Crippen molar-refractivity contribution in [2.24, 2.45) is 17.8 Å². The van der Waals surface area contributed by atoms with Crippen molar-refractivity contribution in [2.75, 3.05) is 6.16 Å². The van der Waals surface area contributed by atoms with E-state index in [1.807, 2.05) is 42.5 Å². The highest BCUT2D eigenvalue weighted by molar-refractivity contribution is 7.39. The second-order valence-corrected chi connectivity index (χ2v) is 8.26. The third kappa shape index (κ3) is 5.41. The Morgan fingerprint density at radius 1 is 1.27 bits per heavy atom. The van der Waals surface area contributed by atoms with Crippen LogP contribution in [0.5, 0.6) is 0 Å². The summed E-state index contributed by atoms with van der Waals surface area (Å²) in [5.74, 6) is 1.85. The van der Waals surface area contributed by atoms with E-state index in [0.717, 1.165) is 12.0 Å². The van der Waals surface area contributed by atoms with Gasteiger partial charge in [-0.25, -0.2) is 0 Å². The lowest BCUT2D eigenvalue weighted by Crippen LogP contribution is -2.32. The quantitative estimate of drug-likeness (QED) is 0.633. The van der Waals surface area contributed by atoms with Gasteiger partial charge < -0.3 is 4.52 Å². The minimum Gasteiger partial charge on any atom is -0.327 e. The Bertz CT molecular complexity index is 495. The van der Waals surface area contributed by atoms with E-state index in [2.05, 4.69) is 20.8 Å². The smallest absolute Gasteiger partial charge is 0.195 e. The van der Waals surface area contributed by atoms with E-state index in [1.165, 1.54) is 12.8 Å². The number of hydrogen-bond acceptors (Lipinski definition) is 2. The van der Waals surface area contributed by atoms with Crippen molar-refractivity contribution in [3.05, 3.63) is 42.0 Å². The first-order valence-corrected chi connectivity index (χ1v) is 9.99. The van der Waals surface area contributed by atoms with Crippen LogP contribution in [-0.4, -0.2) is 12.3 Å². The van der Waals surface area contributed by atoms with Crippen LogP contribution in [0.4, 0.5) is 0 Å². The van der Waals surface area contributed by atoms with E-state index in [4.69, 9.17) is 4.52 Å². The predicted molar refractivity (Wildman–Crippen MR) is 95.6 cm³/mol. The van der Waals surface area contributed by atoms with Gasteiger partial charge in [-0.05, 0) is 36.2 Å². The van der Waals surface area contributed by atoms with Crippen molar-refractivity contribution in [1.82, 2.24) is 0 Å². The van der Waals surface area contributed by atoms with Gasteiger partial charge in [-0.1, -0.05) is 69.7 Å². The van der Waals surface area contributed by atoms with Crippen LogP contribution in [0.1, 0.15) is 45.6 Å². The number of rotatable bonds is 6. The molecule has 0 aromatic heterocycles. The molecule has 2 rings (SSSR count). The van der Waals surface area contributed by atoms with Gasteiger partial charge >= 0.3 is 0 Å². The fraction of sp³-hybridized carbons (Fsp3) is 0.579. The molecule has 0 aliphatic heterocycles. The van der Waals surface area contributed by atoms with Crippen molar-refractivity contribution in [1.29, 1.82) is 0 Å². The zero-order chi connectivity index (χ0) is 15.9. The fourth-order valence-electron chi connectivity index (χ4n) is 3.32. The molecule has 0 spiro atoms. The molecule has 1 aromatic rings. The number of hydrogen-bond donors (Lipinski definition) is 0. The van der Waals surface area contributed by atoms with Crippen molar-refractivity contribution in [3.8, 4) is 0 Å². The molecule has 0 saturated heterocycles. The summed E-state index contributed by atoms with van der Waals surface area (Å²) in [6, 6.07) is 10.1. The minimum atomic E-state index is -1.98. The van der Waals surface area contributed by atoms with Gasteiger partial charge in [0.1, 0.15) is 0 Å². The van der Waals surface area contributed by atoms with Gasteiger partial charge in [-0.2, -0.15) is 0 Å². The van der Waals surface area contributed by atoms with E-state index in [-0.39, 0.29) is 6.10 Å². The Morgan fingerprint density at radius 3 is 2.68 bits per heavy atom. The van der Waals surface area contributed by atoms with Crippen LogP contribution in [0.25, 0.3) is 6.08 Å². The molecule has 2 nitrogen and oxygen atoms in total. The summed E-state index contributed by atoms with van der Waals surface area (Å²) in [6.45, 7) is 6.78. The van der Waals surface area contributed by atoms with E-state index >= 15 is 0 Å². The highest BCUT2D eigenvalue weighted by atomic mass is 31.1. The summed E-state index contributed by atoms with van der Waals surface area (Å²) in [4.78, 5) is 0. The van der Waals surface area contributed by atoms with Crippen LogP contribution in [0.15, 0.2) is 36.4 Å². The molecule has 0 bridgehead atoms. The summed E-state index contributed by atoms with van der Waals surface area (Å²) in [6.07, 6.45) is 8.26. The van der Waals surface area contributed by atoms with E-state index in [0.29, 0.717) is 23.9 Å². The normalized spacial score (nSPS) is 27.4. The molecule has 0 heterocycles. The van der Waals surface area contributed by atoms with Gasteiger partial charge in [0, 0.05) is 6.16 Å². The highest BCUT2D eigenvalue weighted by Crippen LogP contribution is 2.40.